The molecule has 4 heteroatoms. The summed E-state index contributed by atoms with van der Waals surface area (Å²) in [5, 5.41) is 0. The normalized spacial score (nSPS) is 10.4. The standard InChI is InChI=1S/C14H14ClNOS/c1-16(2)11-5-3-4-10(8-11)13(17)9-12-6-7-14(15)18-12/h3-8H,9H2,1-2H3. The number of carbonyl (C=O) groups excluding carboxylic acids is 1. The number of benzene rings is 1. The van der Waals surface area contributed by atoms with Crippen LogP contribution in [0.25, 0.3) is 0 Å². The highest BCUT2D eigenvalue weighted by atomic mass is 35.5. The van der Waals surface area contributed by atoms with Gasteiger partial charge in [-0.15, -0.1) is 11.3 Å². The third-order valence-corrected chi connectivity index (χ3v) is 3.88. The van der Waals surface area contributed by atoms with Gasteiger partial charge in [-0.25, -0.2) is 0 Å². The highest BCUT2D eigenvalue weighted by Crippen LogP contribution is 2.23. The number of ketones is 1. The van der Waals surface area contributed by atoms with E-state index in [1.165, 1.54) is 11.3 Å². The predicted molar refractivity (Wildman–Crippen MR) is 78.1 cm³/mol. The summed E-state index contributed by atoms with van der Waals surface area (Å²) >= 11 is 7.31. The number of anilines is 1. The minimum Gasteiger partial charge on any atom is -0.378 e. The van der Waals surface area contributed by atoms with Gasteiger partial charge in [0.25, 0.3) is 0 Å². The Morgan fingerprint density at radius 1 is 1.28 bits per heavy atom. The van der Waals surface area contributed by atoms with E-state index >= 15 is 0 Å². The summed E-state index contributed by atoms with van der Waals surface area (Å²) < 4.78 is 0.722. The van der Waals surface area contributed by atoms with E-state index in [1.807, 2.05) is 55.4 Å². The van der Waals surface area contributed by atoms with Crippen LogP contribution in [0.1, 0.15) is 15.2 Å². The van der Waals surface area contributed by atoms with Crippen molar-refractivity contribution in [3.8, 4) is 0 Å². The van der Waals surface area contributed by atoms with Crippen LogP contribution in [0.2, 0.25) is 4.34 Å². The van der Waals surface area contributed by atoms with Gasteiger partial charge in [-0.1, -0.05) is 23.7 Å². The first-order chi connectivity index (χ1) is 8.56. The molecule has 0 saturated carbocycles. The van der Waals surface area contributed by atoms with Gasteiger partial charge in [0, 0.05) is 36.6 Å². The molecule has 0 aliphatic carbocycles. The Hall–Kier alpha value is -1.32. The van der Waals surface area contributed by atoms with Crippen LogP contribution in [0.15, 0.2) is 36.4 Å². The summed E-state index contributed by atoms with van der Waals surface area (Å²) in [5.41, 5.74) is 1.77. The average Bonchev–Trinajstić information content (AvgIpc) is 2.75. The lowest BCUT2D eigenvalue weighted by molar-refractivity contribution is 0.0994. The molecule has 2 nitrogen and oxygen atoms in total. The molecule has 0 radical (unpaired) electrons. The van der Waals surface area contributed by atoms with Crippen molar-refractivity contribution in [1.82, 2.24) is 0 Å². The van der Waals surface area contributed by atoms with Crippen LogP contribution in [0.4, 0.5) is 5.69 Å². The van der Waals surface area contributed by atoms with Crippen molar-refractivity contribution in [3.63, 3.8) is 0 Å². The zero-order valence-electron chi connectivity index (χ0n) is 10.3. The maximum Gasteiger partial charge on any atom is 0.168 e. The maximum absolute atomic E-state index is 12.1. The SMILES string of the molecule is CN(C)c1cccc(C(=O)Cc2ccc(Cl)s2)c1. The van der Waals surface area contributed by atoms with Crippen LogP contribution >= 0.6 is 22.9 Å². The van der Waals surface area contributed by atoms with Crippen LogP contribution in [-0.4, -0.2) is 19.9 Å². The van der Waals surface area contributed by atoms with Crippen molar-refractivity contribution < 1.29 is 4.79 Å². The van der Waals surface area contributed by atoms with Gasteiger partial charge >= 0.3 is 0 Å². The van der Waals surface area contributed by atoms with Crippen molar-refractivity contribution in [1.29, 1.82) is 0 Å². The number of halogens is 1. The van der Waals surface area contributed by atoms with E-state index in [0.29, 0.717) is 6.42 Å². The molecule has 0 aliphatic rings. The zero-order valence-corrected chi connectivity index (χ0v) is 11.9. The van der Waals surface area contributed by atoms with Crippen LogP contribution in [-0.2, 0) is 6.42 Å². The molecule has 2 rings (SSSR count). The summed E-state index contributed by atoms with van der Waals surface area (Å²) in [7, 11) is 3.92. The van der Waals surface area contributed by atoms with E-state index in [-0.39, 0.29) is 5.78 Å². The summed E-state index contributed by atoms with van der Waals surface area (Å²) in [4.78, 5) is 15.1. The smallest absolute Gasteiger partial charge is 0.168 e. The van der Waals surface area contributed by atoms with E-state index in [4.69, 9.17) is 11.6 Å². The summed E-state index contributed by atoms with van der Waals surface area (Å²) in [6.07, 6.45) is 0.411. The minimum atomic E-state index is 0.122. The second-order valence-electron chi connectivity index (χ2n) is 4.25. The van der Waals surface area contributed by atoms with Crippen LogP contribution in [0, 0.1) is 0 Å². The molecule has 0 aliphatic heterocycles. The largest absolute Gasteiger partial charge is 0.378 e. The molecule has 1 aromatic carbocycles. The summed E-state index contributed by atoms with van der Waals surface area (Å²) in [6, 6.07) is 11.4. The van der Waals surface area contributed by atoms with Gasteiger partial charge in [-0.3, -0.25) is 4.79 Å². The Morgan fingerprint density at radius 3 is 2.67 bits per heavy atom. The molecule has 0 atom stereocenters. The van der Waals surface area contributed by atoms with Crippen molar-refractivity contribution in [2.24, 2.45) is 0 Å². The van der Waals surface area contributed by atoms with Crippen molar-refractivity contribution in [2.45, 2.75) is 6.42 Å². The molecule has 0 fully saturated rings. The molecule has 0 unspecified atom stereocenters. The topological polar surface area (TPSA) is 20.3 Å². The zero-order chi connectivity index (χ0) is 13.1. The third kappa shape index (κ3) is 3.12. The van der Waals surface area contributed by atoms with Gasteiger partial charge < -0.3 is 4.90 Å². The van der Waals surface area contributed by atoms with Crippen molar-refractivity contribution in [2.75, 3.05) is 19.0 Å². The predicted octanol–water partition coefficient (Wildman–Crippen LogP) is 3.89. The van der Waals surface area contributed by atoms with Crippen LogP contribution < -0.4 is 4.90 Å². The number of hydrogen-bond donors (Lipinski definition) is 0. The quantitative estimate of drug-likeness (QED) is 0.792. The Kier molecular flexibility index (Phi) is 4.04. The van der Waals surface area contributed by atoms with Gasteiger partial charge in [0.1, 0.15) is 0 Å². The first-order valence-corrected chi connectivity index (χ1v) is 6.80. The second kappa shape index (κ2) is 5.55. The van der Waals surface area contributed by atoms with Crippen molar-refractivity contribution in [3.05, 3.63) is 51.2 Å². The molecule has 1 heterocycles. The molecule has 2 aromatic rings. The van der Waals surface area contributed by atoms with Gasteiger partial charge in [0.2, 0.25) is 0 Å². The van der Waals surface area contributed by atoms with Crippen molar-refractivity contribution >= 4 is 34.4 Å². The Bertz CT molecular complexity index is 562. The maximum atomic E-state index is 12.1. The molecule has 18 heavy (non-hydrogen) atoms. The van der Waals surface area contributed by atoms with Crippen LogP contribution in [0.3, 0.4) is 0 Å². The summed E-state index contributed by atoms with van der Waals surface area (Å²) in [6.45, 7) is 0. The molecule has 94 valence electrons. The molecule has 0 saturated heterocycles. The van der Waals surface area contributed by atoms with E-state index in [0.717, 1.165) is 20.5 Å². The van der Waals surface area contributed by atoms with E-state index in [2.05, 4.69) is 0 Å². The average molecular weight is 280 g/mol. The van der Waals surface area contributed by atoms with Gasteiger partial charge in [-0.2, -0.15) is 0 Å². The molecule has 0 bridgehead atoms. The molecule has 0 spiro atoms. The van der Waals surface area contributed by atoms with E-state index < -0.39 is 0 Å². The molecular formula is C14H14ClNOS. The molecular weight excluding hydrogens is 266 g/mol. The van der Waals surface area contributed by atoms with Crippen LogP contribution in [0.5, 0.6) is 0 Å². The van der Waals surface area contributed by atoms with Gasteiger partial charge in [0.15, 0.2) is 5.78 Å². The molecule has 0 amide bonds. The lowest BCUT2D eigenvalue weighted by Crippen LogP contribution is -2.10. The number of thiophene rings is 1. The lowest BCUT2D eigenvalue weighted by atomic mass is 10.1. The number of nitrogens with zero attached hydrogens (tertiary/aromatic N) is 1. The monoisotopic (exact) mass is 279 g/mol. The van der Waals surface area contributed by atoms with Gasteiger partial charge in [-0.05, 0) is 24.3 Å². The number of hydrogen-bond acceptors (Lipinski definition) is 3. The highest BCUT2D eigenvalue weighted by Gasteiger charge is 2.09. The Labute approximate surface area is 116 Å². The van der Waals surface area contributed by atoms with E-state index in [1.54, 1.807) is 0 Å². The lowest BCUT2D eigenvalue weighted by Gasteiger charge is -2.13. The second-order valence-corrected chi connectivity index (χ2v) is 6.05. The molecule has 0 N–H and O–H groups in total. The Morgan fingerprint density at radius 2 is 2.06 bits per heavy atom. The fraction of sp³-hybridized carbons (Fsp3) is 0.214. The number of carbonyl (C=O) groups is 1. The minimum absolute atomic E-state index is 0.122. The third-order valence-electron chi connectivity index (χ3n) is 2.65. The highest BCUT2D eigenvalue weighted by molar-refractivity contribution is 7.16. The summed E-state index contributed by atoms with van der Waals surface area (Å²) in [5.74, 6) is 0.122. The first-order valence-electron chi connectivity index (χ1n) is 5.61. The molecule has 1 aromatic heterocycles. The van der Waals surface area contributed by atoms with E-state index in [9.17, 15) is 4.79 Å². The van der Waals surface area contributed by atoms with Gasteiger partial charge in [0.05, 0.1) is 4.34 Å². The number of rotatable bonds is 4. The Balaban J connectivity index is 2.16. The number of Topliss-reactive ketones (excluding diaryl/α,β-unsaturated/α-hetero) is 1. The fourth-order valence-electron chi connectivity index (χ4n) is 1.66. The fourth-order valence-corrected chi connectivity index (χ4v) is 2.75. The first kappa shape index (κ1) is 13.1.